The third-order valence-corrected chi connectivity index (χ3v) is 6.09. The maximum Gasteiger partial charge on any atom is 0.276 e. The molecule has 2 aromatic carbocycles. The van der Waals surface area contributed by atoms with Crippen LogP contribution in [0.1, 0.15) is 11.9 Å². The van der Waals surface area contributed by atoms with Crippen molar-refractivity contribution in [1.29, 1.82) is 0 Å². The Morgan fingerprint density at radius 3 is 2.73 bits per heavy atom. The third-order valence-electron chi connectivity index (χ3n) is 4.77. The molecule has 0 spiro atoms. The molecule has 9 heteroatoms. The summed E-state index contributed by atoms with van der Waals surface area (Å²) in [5.74, 6) is 1.05. The van der Waals surface area contributed by atoms with E-state index in [1.807, 2.05) is 60.9 Å². The van der Waals surface area contributed by atoms with Crippen LogP contribution < -0.4 is 15.9 Å². The highest BCUT2D eigenvalue weighted by Crippen LogP contribution is 2.34. The molecule has 0 saturated heterocycles. The molecule has 1 amide bonds. The lowest BCUT2D eigenvalue weighted by Crippen LogP contribution is -2.50. The zero-order chi connectivity index (χ0) is 20.8. The topological polar surface area (TPSA) is 70.2 Å². The Balaban J connectivity index is 1.66. The fourth-order valence-electron chi connectivity index (χ4n) is 3.39. The number of hydrazone groups is 1. The second kappa shape index (κ2) is 7.61. The molecule has 1 N–H and O–H groups in total. The maximum absolute atomic E-state index is 12.9. The van der Waals surface area contributed by atoms with E-state index < -0.39 is 6.17 Å². The van der Waals surface area contributed by atoms with Gasteiger partial charge >= 0.3 is 0 Å². The SMILES string of the molecule is CSC1=NN2C(=c3cc(Br)ccc3=N[C@H]2c2ccc(-c3ccc(Cl)cc3)o2)C(=O)N1. The van der Waals surface area contributed by atoms with Gasteiger partial charge in [0.05, 0.1) is 5.36 Å². The highest BCUT2D eigenvalue weighted by atomic mass is 79.9. The van der Waals surface area contributed by atoms with E-state index in [2.05, 4.69) is 26.3 Å². The average Bonchev–Trinajstić information content (AvgIpc) is 3.23. The number of nitrogens with zero attached hydrogens (tertiary/aromatic N) is 3. The molecule has 0 radical (unpaired) electrons. The number of hydrogen-bond donors (Lipinski definition) is 1. The molecule has 150 valence electrons. The van der Waals surface area contributed by atoms with Gasteiger partial charge in [0, 0.05) is 20.3 Å². The van der Waals surface area contributed by atoms with E-state index >= 15 is 0 Å². The third kappa shape index (κ3) is 3.34. The molecule has 3 heterocycles. The summed E-state index contributed by atoms with van der Waals surface area (Å²) in [6.07, 6.45) is 1.26. The first-order chi connectivity index (χ1) is 14.5. The molecule has 0 bridgehead atoms. The van der Waals surface area contributed by atoms with Crippen molar-refractivity contribution in [1.82, 2.24) is 10.3 Å². The van der Waals surface area contributed by atoms with Gasteiger partial charge in [-0.1, -0.05) is 39.3 Å². The van der Waals surface area contributed by atoms with Crippen LogP contribution in [0, 0.1) is 0 Å². The second-order valence-electron chi connectivity index (χ2n) is 6.63. The van der Waals surface area contributed by atoms with Gasteiger partial charge in [-0.2, -0.15) is 0 Å². The molecule has 0 fully saturated rings. The van der Waals surface area contributed by atoms with Crippen LogP contribution in [0.25, 0.3) is 17.0 Å². The summed E-state index contributed by atoms with van der Waals surface area (Å²) in [7, 11) is 0. The van der Waals surface area contributed by atoms with Crippen molar-refractivity contribution in [3.05, 3.63) is 80.4 Å². The monoisotopic (exact) mass is 500 g/mol. The Hall–Kier alpha value is -2.55. The summed E-state index contributed by atoms with van der Waals surface area (Å²) in [6.45, 7) is 0. The number of fused-ring (bicyclic) bond motifs is 2. The van der Waals surface area contributed by atoms with Gasteiger partial charge in [-0.25, -0.2) is 10.0 Å². The minimum absolute atomic E-state index is 0.224. The minimum atomic E-state index is -0.595. The van der Waals surface area contributed by atoms with E-state index in [1.165, 1.54) is 11.8 Å². The van der Waals surface area contributed by atoms with E-state index in [1.54, 1.807) is 5.01 Å². The van der Waals surface area contributed by atoms with Crippen molar-refractivity contribution in [2.24, 2.45) is 10.1 Å². The fourth-order valence-corrected chi connectivity index (χ4v) is 4.24. The second-order valence-corrected chi connectivity index (χ2v) is 8.78. The van der Waals surface area contributed by atoms with Crippen LogP contribution in [0.4, 0.5) is 0 Å². The minimum Gasteiger partial charge on any atom is -0.457 e. The largest absolute Gasteiger partial charge is 0.457 e. The highest BCUT2D eigenvalue weighted by Gasteiger charge is 2.35. The summed E-state index contributed by atoms with van der Waals surface area (Å²) in [5.41, 5.74) is 1.34. The lowest BCUT2D eigenvalue weighted by molar-refractivity contribution is -0.116. The molecule has 2 aliphatic rings. The van der Waals surface area contributed by atoms with Gasteiger partial charge in [-0.3, -0.25) is 10.1 Å². The molecule has 6 nitrogen and oxygen atoms in total. The molecule has 2 aliphatic heterocycles. The van der Waals surface area contributed by atoms with Gasteiger partial charge in [-0.05, 0) is 60.9 Å². The number of amides is 1. The lowest BCUT2D eigenvalue weighted by atomic mass is 10.1. The fraction of sp³-hybridized carbons (Fsp3) is 0.0952. The van der Waals surface area contributed by atoms with E-state index in [9.17, 15) is 4.79 Å². The molecular formula is C21H14BrClN4O2S. The zero-order valence-electron chi connectivity index (χ0n) is 15.6. The first-order valence-corrected chi connectivity index (χ1v) is 11.4. The van der Waals surface area contributed by atoms with Crippen LogP contribution in [0.3, 0.4) is 0 Å². The standard InChI is InChI=1S/C21H14BrClN4O2S/c1-30-21-25-20(28)18-14-10-12(22)4-7-15(14)24-19(27(18)26-21)17-9-8-16(29-17)11-2-5-13(23)6-3-11/h2-10,19H,1H3,(H,25,26,28)/t19-/m1/s1. The Morgan fingerprint density at radius 2 is 1.97 bits per heavy atom. The normalized spacial score (nSPS) is 17.6. The lowest BCUT2D eigenvalue weighted by Gasteiger charge is -2.32. The van der Waals surface area contributed by atoms with Crippen LogP contribution in [0.2, 0.25) is 5.02 Å². The van der Waals surface area contributed by atoms with Gasteiger partial charge in [0.15, 0.2) is 10.9 Å². The number of rotatable bonds is 2. The van der Waals surface area contributed by atoms with Crippen molar-refractivity contribution in [2.45, 2.75) is 6.17 Å². The number of halogens is 2. The first-order valence-electron chi connectivity index (χ1n) is 9.00. The molecule has 1 aromatic heterocycles. The van der Waals surface area contributed by atoms with Gasteiger partial charge in [0.1, 0.15) is 11.5 Å². The average molecular weight is 502 g/mol. The molecule has 30 heavy (non-hydrogen) atoms. The smallest absolute Gasteiger partial charge is 0.276 e. The molecule has 5 rings (SSSR count). The number of hydrogen-bond acceptors (Lipinski definition) is 6. The Bertz CT molecular complexity index is 1320. The molecule has 0 unspecified atom stereocenters. The quantitative estimate of drug-likeness (QED) is 0.579. The van der Waals surface area contributed by atoms with E-state index in [-0.39, 0.29) is 5.91 Å². The summed E-state index contributed by atoms with van der Waals surface area (Å²) < 4.78 is 6.99. The number of thioether (sulfide) groups is 1. The van der Waals surface area contributed by atoms with Crippen LogP contribution in [0.5, 0.6) is 0 Å². The van der Waals surface area contributed by atoms with Crippen molar-refractivity contribution >= 4 is 56.1 Å². The van der Waals surface area contributed by atoms with Crippen LogP contribution in [-0.2, 0) is 4.79 Å². The molecule has 0 saturated carbocycles. The van der Waals surface area contributed by atoms with Crippen molar-refractivity contribution in [2.75, 3.05) is 6.26 Å². The number of nitrogens with one attached hydrogen (secondary N) is 1. The summed E-state index contributed by atoms with van der Waals surface area (Å²) in [6, 6.07) is 16.8. The number of carbonyl (C=O) groups is 1. The van der Waals surface area contributed by atoms with Crippen LogP contribution in [0.15, 0.2) is 73.6 Å². The Labute approximate surface area is 189 Å². The van der Waals surface area contributed by atoms with E-state index in [0.717, 1.165) is 10.0 Å². The number of carbonyl (C=O) groups excluding carboxylic acids is 1. The molecular weight excluding hydrogens is 488 g/mol. The van der Waals surface area contributed by atoms with Gasteiger partial charge < -0.3 is 4.42 Å². The maximum atomic E-state index is 12.9. The summed E-state index contributed by atoms with van der Waals surface area (Å²) >= 11 is 10.8. The van der Waals surface area contributed by atoms with Crippen LogP contribution in [-0.4, -0.2) is 22.3 Å². The number of amidine groups is 1. The van der Waals surface area contributed by atoms with E-state index in [4.69, 9.17) is 21.0 Å². The van der Waals surface area contributed by atoms with E-state index in [0.29, 0.717) is 38.0 Å². The number of benzene rings is 2. The van der Waals surface area contributed by atoms with Crippen LogP contribution >= 0.6 is 39.3 Å². The zero-order valence-corrected chi connectivity index (χ0v) is 18.8. The summed E-state index contributed by atoms with van der Waals surface area (Å²) in [4.78, 5) is 17.8. The van der Waals surface area contributed by atoms with Crippen molar-refractivity contribution < 1.29 is 9.21 Å². The predicted octanol–water partition coefficient (Wildman–Crippen LogP) is 3.87. The van der Waals surface area contributed by atoms with Gasteiger partial charge in [0.25, 0.3) is 5.91 Å². The molecule has 1 atom stereocenters. The molecule has 3 aromatic rings. The highest BCUT2D eigenvalue weighted by molar-refractivity contribution is 9.10. The van der Waals surface area contributed by atoms with Gasteiger partial charge in [0.2, 0.25) is 6.17 Å². The van der Waals surface area contributed by atoms with Gasteiger partial charge in [-0.15, -0.1) is 5.10 Å². The predicted molar refractivity (Wildman–Crippen MR) is 121 cm³/mol. The van der Waals surface area contributed by atoms with Crippen molar-refractivity contribution in [3.63, 3.8) is 0 Å². The number of furan rings is 1. The first kappa shape index (κ1) is 19.4. The molecule has 0 aliphatic carbocycles. The Morgan fingerprint density at radius 1 is 1.17 bits per heavy atom. The van der Waals surface area contributed by atoms with Crippen molar-refractivity contribution in [3.8, 4) is 11.3 Å². The Kier molecular flexibility index (Phi) is 4.92. The summed E-state index contributed by atoms with van der Waals surface area (Å²) in [5, 5.41) is 11.7.